The monoisotopic (exact) mass is 432 g/mol. The number of aromatic hydroxyl groups is 1. The minimum atomic E-state index is -0.376. The highest BCUT2D eigenvalue weighted by Gasteiger charge is 2.35. The second-order valence-electron chi connectivity index (χ2n) is 7.28. The average molecular weight is 432 g/mol. The van der Waals surface area contributed by atoms with Gasteiger partial charge in [-0.2, -0.15) is 5.10 Å². The van der Waals surface area contributed by atoms with Gasteiger partial charge in [-0.3, -0.25) is 4.79 Å². The Kier molecular flexibility index (Phi) is 5.98. The summed E-state index contributed by atoms with van der Waals surface area (Å²) in [6.07, 6.45) is 0.425. The molecule has 1 atom stereocenters. The van der Waals surface area contributed by atoms with Gasteiger partial charge in [-0.05, 0) is 42.0 Å². The van der Waals surface area contributed by atoms with Gasteiger partial charge in [-0.15, -0.1) is 0 Å². The van der Waals surface area contributed by atoms with Crippen LogP contribution in [0.1, 0.15) is 33.9 Å². The summed E-state index contributed by atoms with van der Waals surface area (Å²) in [5.74, 6) is 1.53. The van der Waals surface area contributed by atoms with Crippen molar-refractivity contribution in [2.24, 2.45) is 5.10 Å². The molecule has 0 aliphatic carbocycles. The van der Waals surface area contributed by atoms with Crippen LogP contribution in [0.15, 0.2) is 71.8 Å². The van der Waals surface area contributed by atoms with E-state index in [4.69, 9.17) is 14.2 Å². The number of rotatable bonds is 6. The van der Waals surface area contributed by atoms with Crippen LogP contribution in [0.3, 0.4) is 0 Å². The number of hydrazone groups is 1. The first-order chi connectivity index (χ1) is 15.5. The Morgan fingerprint density at radius 3 is 2.34 bits per heavy atom. The van der Waals surface area contributed by atoms with Gasteiger partial charge in [0.15, 0.2) is 11.5 Å². The molecule has 0 saturated carbocycles. The molecule has 1 aliphatic heterocycles. The molecule has 3 aromatic carbocycles. The molecule has 7 nitrogen and oxygen atoms in total. The normalized spacial score (nSPS) is 15.3. The smallest absolute Gasteiger partial charge is 0.274 e. The molecule has 4 rings (SSSR count). The summed E-state index contributed by atoms with van der Waals surface area (Å²) in [5, 5.41) is 16.6. The lowest BCUT2D eigenvalue weighted by Gasteiger charge is -2.23. The number of hydrogen-bond acceptors (Lipinski definition) is 6. The SMILES string of the molecule is COc1ccc(C2=NN(C(=O)c3ccccc3)[C@@H](c3ccc(OC)c(OC)c3)C2)c(O)c1. The average Bonchev–Trinajstić information content (AvgIpc) is 3.28. The zero-order chi connectivity index (χ0) is 22.7. The van der Waals surface area contributed by atoms with E-state index in [-0.39, 0.29) is 17.7 Å². The van der Waals surface area contributed by atoms with Crippen LogP contribution in [0.4, 0.5) is 0 Å². The van der Waals surface area contributed by atoms with E-state index < -0.39 is 0 Å². The molecule has 1 amide bonds. The van der Waals surface area contributed by atoms with Gasteiger partial charge < -0.3 is 19.3 Å². The van der Waals surface area contributed by atoms with Gasteiger partial charge in [0.25, 0.3) is 5.91 Å². The summed E-state index contributed by atoms with van der Waals surface area (Å²) in [7, 11) is 4.68. The number of benzene rings is 3. The number of ether oxygens (including phenoxy) is 3. The van der Waals surface area contributed by atoms with Crippen molar-refractivity contribution in [2.45, 2.75) is 12.5 Å². The van der Waals surface area contributed by atoms with Crippen molar-refractivity contribution in [3.63, 3.8) is 0 Å². The van der Waals surface area contributed by atoms with E-state index in [0.717, 1.165) is 5.56 Å². The van der Waals surface area contributed by atoms with Crippen molar-refractivity contribution in [1.82, 2.24) is 5.01 Å². The molecule has 0 unspecified atom stereocenters. The minimum absolute atomic E-state index is 0.0446. The van der Waals surface area contributed by atoms with E-state index in [0.29, 0.717) is 40.5 Å². The van der Waals surface area contributed by atoms with Crippen LogP contribution in [-0.4, -0.2) is 43.1 Å². The second kappa shape index (κ2) is 9.01. The predicted octanol–water partition coefficient (Wildman–Crippen LogP) is 4.41. The van der Waals surface area contributed by atoms with E-state index in [1.807, 2.05) is 36.4 Å². The Hall–Kier alpha value is -4.00. The Bertz CT molecular complexity index is 1160. The van der Waals surface area contributed by atoms with Crippen molar-refractivity contribution < 1.29 is 24.1 Å². The van der Waals surface area contributed by atoms with Gasteiger partial charge in [-0.1, -0.05) is 24.3 Å². The highest BCUT2D eigenvalue weighted by Crippen LogP contribution is 2.39. The number of nitrogens with zero attached hydrogens (tertiary/aromatic N) is 2. The maximum absolute atomic E-state index is 13.4. The number of phenols is 1. The molecule has 3 aromatic rings. The molecule has 0 fully saturated rings. The van der Waals surface area contributed by atoms with Crippen molar-refractivity contribution in [1.29, 1.82) is 0 Å². The summed E-state index contributed by atoms with van der Waals surface area (Å²) in [5.41, 5.74) is 2.54. The van der Waals surface area contributed by atoms with E-state index in [1.165, 1.54) is 18.2 Å². The molecule has 32 heavy (non-hydrogen) atoms. The van der Waals surface area contributed by atoms with Gasteiger partial charge in [0.05, 0.1) is 33.1 Å². The fourth-order valence-electron chi connectivity index (χ4n) is 3.78. The lowest BCUT2D eigenvalue weighted by molar-refractivity contribution is 0.0711. The van der Waals surface area contributed by atoms with Gasteiger partial charge in [0.2, 0.25) is 0 Å². The first kappa shape index (κ1) is 21.2. The van der Waals surface area contributed by atoms with Crippen LogP contribution in [0.5, 0.6) is 23.0 Å². The van der Waals surface area contributed by atoms with Crippen LogP contribution in [0.25, 0.3) is 0 Å². The molecular weight excluding hydrogens is 408 g/mol. The molecule has 0 radical (unpaired) electrons. The standard InChI is InChI=1S/C25H24N2O5/c1-30-18-10-11-19(22(28)14-18)20-15-21(17-9-12-23(31-2)24(13-17)32-3)27(26-20)25(29)16-7-5-4-6-8-16/h4-14,21,28H,15H2,1-3H3/t21-/m1/s1. The Morgan fingerprint density at radius 1 is 0.938 bits per heavy atom. The third-order valence-corrected chi connectivity index (χ3v) is 5.45. The molecular formula is C25H24N2O5. The Morgan fingerprint density at radius 2 is 1.69 bits per heavy atom. The summed E-state index contributed by atoms with van der Waals surface area (Å²) < 4.78 is 16.0. The van der Waals surface area contributed by atoms with Crippen molar-refractivity contribution in [3.05, 3.63) is 83.4 Å². The number of carbonyl (C=O) groups is 1. The highest BCUT2D eigenvalue weighted by atomic mass is 16.5. The lowest BCUT2D eigenvalue weighted by Crippen LogP contribution is -2.27. The summed E-state index contributed by atoms with van der Waals surface area (Å²) in [6, 6.07) is 19.2. The fourth-order valence-corrected chi connectivity index (χ4v) is 3.78. The number of methoxy groups -OCH3 is 3. The molecule has 164 valence electrons. The molecule has 1 aliphatic rings. The molecule has 0 saturated heterocycles. The van der Waals surface area contributed by atoms with E-state index in [1.54, 1.807) is 38.5 Å². The Labute approximate surface area is 186 Å². The first-order valence-corrected chi connectivity index (χ1v) is 10.1. The topological polar surface area (TPSA) is 80.6 Å². The van der Waals surface area contributed by atoms with Gasteiger partial charge in [-0.25, -0.2) is 5.01 Å². The molecule has 1 heterocycles. The summed E-state index contributed by atoms with van der Waals surface area (Å²) >= 11 is 0. The lowest BCUT2D eigenvalue weighted by atomic mass is 9.97. The van der Waals surface area contributed by atoms with Crippen LogP contribution in [0, 0.1) is 0 Å². The van der Waals surface area contributed by atoms with E-state index >= 15 is 0 Å². The number of phenolic OH excluding ortho intramolecular Hbond substituents is 1. The summed E-state index contributed by atoms with van der Waals surface area (Å²) in [4.78, 5) is 13.4. The Balaban J connectivity index is 1.76. The van der Waals surface area contributed by atoms with Crippen molar-refractivity contribution in [3.8, 4) is 23.0 Å². The van der Waals surface area contributed by atoms with Gasteiger partial charge in [0, 0.05) is 23.6 Å². The van der Waals surface area contributed by atoms with Crippen LogP contribution in [0.2, 0.25) is 0 Å². The zero-order valence-corrected chi connectivity index (χ0v) is 18.1. The predicted molar refractivity (Wildman–Crippen MR) is 121 cm³/mol. The first-order valence-electron chi connectivity index (χ1n) is 10.1. The van der Waals surface area contributed by atoms with Crippen LogP contribution >= 0.6 is 0 Å². The van der Waals surface area contributed by atoms with Crippen molar-refractivity contribution >= 4 is 11.6 Å². The van der Waals surface area contributed by atoms with Gasteiger partial charge in [0.1, 0.15) is 11.5 Å². The molecule has 0 spiro atoms. The number of amides is 1. The molecule has 7 heteroatoms. The number of carbonyl (C=O) groups excluding carboxylic acids is 1. The third-order valence-electron chi connectivity index (χ3n) is 5.45. The third kappa shape index (κ3) is 3.97. The minimum Gasteiger partial charge on any atom is -0.507 e. The number of hydrogen-bond donors (Lipinski definition) is 1. The summed E-state index contributed by atoms with van der Waals surface area (Å²) in [6.45, 7) is 0. The quantitative estimate of drug-likeness (QED) is 0.624. The molecule has 0 aromatic heterocycles. The van der Waals surface area contributed by atoms with Gasteiger partial charge >= 0.3 is 0 Å². The maximum atomic E-state index is 13.4. The largest absolute Gasteiger partial charge is 0.507 e. The molecule has 1 N–H and O–H groups in total. The fraction of sp³-hybridized carbons (Fsp3) is 0.200. The van der Waals surface area contributed by atoms with Crippen LogP contribution < -0.4 is 14.2 Å². The van der Waals surface area contributed by atoms with Crippen molar-refractivity contribution in [2.75, 3.05) is 21.3 Å². The van der Waals surface area contributed by atoms with Crippen LogP contribution in [-0.2, 0) is 0 Å². The van der Waals surface area contributed by atoms with E-state index in [9.17, 15) is 9.90 Å². The zero-order valence-electron chi connectivity index (χ0n) is 18.1. The maximum Gasteiger partial charge on any atom is 0.274 e. The van der Waals surface area contributed by atoms with E-state index in [2.05, 4.69) is 5.10 Å². The highest BCUT2D eigenvalue weighted by molar-refractivity contribution is 6.06. The second-order valence-corrected chi connectivity index (χ2v) is 7.28. The molecule has 0 bridgehead atoms.